The molecule has 2 rings (SSSR count). The van der Waals surface area contributed by atoms with Crippen LogP contribution in [0.25, 0.3) is 0 Å². The minimum Gasteiger partial charge on any atom is -0.501 e. The van der Waals surface area contributed by atoms with E-state index in [4.69, 9.17) is 19.7 Å². The minimum atomic E-state index is -0.823. The topological polar surface area (TPSA) is 53.7 Å². The lowest BCUT2D eigenvalue weighted by atomic mass is 10.1. The summed E-state index contributed by atoms with van der Waals surface area (Å²) in [5.74, 6) is 1.46. The van der Waals surface area contributed by atoms with Gasteiger partial charge in [0.2, 0.25) is 0 Å². The SMILES string of the molecule is Cc1ccccc1OB(OCCN)Oc1ccccc1C. The zero-order chi connectivity index (χ0) is 15.1. The molecule has 2 aromatic carbocycles. The fourth-order valence-corrected chi connectivity index (χ4v) is 1.84. The lowest BCUT2D eigenvalue weighted by Gasteiger charge is -2.17. The van der Waals surface area contributed by atoms with Crippen molar-refractivity contribution < 1.29 is 14.0 Å². The second-order valence-electron chi connectivity index (χ2n) is 4.71. The highest BCUT2D eigenvalue weighted by atomic mass is 16.7. The molecule has 0 fully saturated rings. The maximum absolute atomic E-state index is 5.81. The molecule has 4 nitrogen and oxygen atoms in total. The Bertz CT molecular complexity index is 529. The highest BCUT2D eigenvalue weighted by Crippen LogP contribution is 2.21. The Kier molecular flexibility index (Phi) is 5.66. The van der Waals surface area contributed by atoms with Crippen LogP contribution in [0.5, 0.6) is 11.5 Å². The Morgan fingerprint density at radius 2 is 1.33 bits per heavy atom. The minimum absolute atomic E-state index is 0.364. The lowest BCUT2D eigenvalue weighted by molar-refractivity contribution is 0.206. The van der Waals surface area contributed by atoms with Crippen molar-refractivity contribution in [1.29, 1.82) is 0 Å². The number of benzene rings is 2. The molecule has 0 bridgehead atoms. The summed E-state index contributed by atoms with van der Waals surface area (Å²) in [6.45, 7) is 4.72. The molecular formula is C16H20BNO3. The summed E-state index contributed by atoms with van der Waals surface area (Å²) in [6, 6.07) is 15.5. The van der Waals surface area contributed by atoms with E-state index in [0.717, 1.165) is 22.6 Å². The summed E-state index contributed by atoms with van der Waals surface area (Å²) >= 11 is 0. The van der Waals surface area contributed by atoms with E-state index in [1.54, 1.807) is 0 Å². The van der Waals surface area contributed by atoms with Crippen molar-refractivity contribution in [3.63, 3.8) is 0 Å². The third kappa shape index (κ3) is 4.51. The first-order valence-corrected chi connectivity index (χ1v) is 6.97. The fourth-order valence-electron chi connectivity index (χ4n) is 1.84. The van der Waals surface area contributed by atoms with Crippen LogP contribution in [0.4, 0.5) is 0 Å². The molecule has 0 aliphatic heterocycles. The largest absolute Gasteiger partial charge is 0.788 e. The van der Waals surface area contributed by atoms with Gasteiger partial charge in [0, 0.05) is 13.2 Å². The van der Waals surface area contributed by atoms with Crippen LogP contribution in [0, 0.1) is 13.8 Å². The van der Waals surface area contributed by atoms with Crippen molar-refractivity contribution in [2.45, 2.75) is 13.8 Å². The molecule has 0 heterocycles. The van der Waals surface area contributed by atoms with Crippen LogP contribution in [0.3, 0.4) is 0 Å². The van der Waals surface area contributed by atoms with Crippen LogP contribution >= 0.6 is 0 Å². The van der Waals surface area contributed by atoms with Crippen LogP contribution in [0.15, 0.2) is 48.5 Å². The molecule has 0 atom stereocenters. The van der Waals surface area contributed by atoms with Crippen molar-refractivity contribution >= 4 is 7.32 Å². The van der Waals surface area contributed by atoms with Gasteiger partial charge in [-0.3, -0.25) is 0 Å². The second-order valence-corrected chi connectivity index (χ2v) is 4.71. The molecule has 0 unspecified atom stereocenters. The summed E-state index contributed by atoms with van der Waals surface area (Å²) in [6.07, 6.45) is 0. The number of aryl methyl sites for hydroxylation is 2. The van der Waals surface area contributed by atoms with Crippen molar-refractivity contribution in [2.24, 2.45) is 5.73 Å². The van der Waals surface area contributed by atoms with Crippen molar-refractivity contribution in [3.05, 3.63) is 59.7 Å². The highest BCUT2D eigenvalue weighted by molar-refractivity contribution is 6.38. The molecule has 5 heteroatoms. The average Bonchev–Trinajstić information content (AvgIpc) is 2.49. The van der Waals surface area contributed by atoms with Gasteiger partial charge in [0.15, 0.2) is 0 Å². The first-order valence-electron chi connectivity index (χ1n) is 6.97. The van der Waals surface area contributed by atoms with E-state index in [1.807, 2.05) is 62.4 Å². The molecule has 0 aliphatic rings. The molecule has 0 aromatic heterocycles. The normalized spacial score (nSPS) is 10.2. The van der Waals surface area contributed by atoms with Gasteiger partial charge in [-0.15, -0.1) is 0 Å². The standard InChI is InChI=1S/C16H20BNO3/c1-13-7-3-5-9-15(13)20-17(19-12-11-18)21-16-10-6-4-8-14(16)2/h3-10H,11-12,18H2,1-2H3. The zero-order valence-electron chi connectivity index (χ0n) is 12.4. The van der Waals surface area contributed by atoms with Gasteiger partial charge >= 0.3 is 7.32 Å². The monoisotopic (exact) mass is 285 g/mol. The molecule has 110 valence electrons. The van der Waals surface area contributed by atoms with Crippen LogP contribution in [0.1, 0.15) is 11.1 Å². The van der Waals surface area contributed by atoms with Crippen molar-refractivity contribution in [3.8, 4) is 11.5 Å². The molecule has 0 radical (unpaired) electrons. The molecule has 2 N–H and O–H groups in total. The van der Waals surface area contributed by atoms with E-state index in [2.05, 4.69) is 0 Å². The van der Waals surface area contributed by atoms with E-state index >= 15 is 0 Å². The molecule has 0 saturated carbocycles. The Morgan fingerprint density at radius 1 is 0.857 bits per heavy atom. The van der Waals surface area contributed by atoms with Gasteiger partial charge in [-0.2, -0.15) is 0 Å². The quantitative estimate of drug-likeness (QED) is 0.795. The third-order valence-corrected chi connectivity index (χ3v) is 3.01. The number of hydrogen-bond acceptors (Lipinski definition) is 4. The Morgan fingerprint density at radius 3 is 1.76 bits per heavy atom. The van der Waals surface area contributed by atoms with Crippen LogP contribution in [0.2, 0.25) is 0 Å². The molecule has 0 spiro atoms. The van der Waals surface area contributed by atoms with Gasteiger partial charge in [0.1, 0.15) is 11.5 Å². The first-order chi connectivity index (χ1) is 10.2. The Balaban J connectivity index is 2.11. The zero-order valence-corrected chi connectivity index (χ0v) is 12.4. The van der Waals surface area contributed by atoms with Crippen molar-refractivity contribution in [1.82, 2.24) is 0 Å². The number of rotatable bonds is 7. The van der Waals surface area contributed by atoms with E-state index < -0.39 is 7.32 Å². The Hall–Kier alpha value is -1.98. The lowest BCUT2D eigenvalue weighted by Crippen LogP contribution is -2.35. The first kappa shape index (κ1) is 15.4. The van der Waals surface area contributed by atoms with Gasteiger partial charge in [-0.25, -0.2) is 0 Å². The summed E-state index contributed by atoms with van der Waals surface area (Å²) < 4.78 is 17.2. The highest BCUT2D eigenvalue weighted by Gasteiger charge is 2.27. The summed E-state index contributed by atoms with van der Waals surface area (Å²) in [7, 11) is -0.823. The molecule has 0 aliphatic carbocycles. The van der Waals surface area contributed by atoms with Gasteiger partial charge < -0.3 is 19.7 Å². The van der Waals surface area contributed by atoms with E-state index in [-0.39, 0.29) is 0 Å². The van der Waals surface area contributed by atoms with Gasteiger partial charge in [0.05, 0.1) is 0 Å². The molecular weight excluding hydrogens is 265 g/mol. The van der Waals surface area contributed by atoms with Crippen LogP contribution in [-0.2, 0) is 4.65 Å². The van der Waals surface area contributed by atoms with E-state index in [0.29, 0.717) is 13.2 Å². The maximum atomic E-state index is 5.81. The second kappa shape index (κ2) is 7.71. The van der Waals surface area contributed by atoms with Crippen molar-refractivity contribution in [2.75, 3.05) is 13.2 Å². The summed E-state index contributed by atoms with van der Waals surface area (Å²) in [4.78, 5) is 0. The fraction of sp³-hybridized carbons (Fsp3) is 0.250. The number of para-hydroxylation sites is 2. The maximum Gasteiger partial charge on any atom is 0.788 e. The van der Waals surface area contributed by atoms with Gasteiger partial charge in [-0.1, -0.05) is 36.4 Å². The number of hydrogen-bond donors (Lipinski definition) is 1. The van der Waals surface area contributed by atoms with Crippen LogP contribution < -0.4 is 15.0 Å². The molecule has 0 saturated heterocycles. The number of nitrogens with two attached hydrogens (primary N) is 1. The van der Waals surface area contributed by atoms with Gasteiger partial charge in [0.25, 0.3) is 0 Å². The summed E-state index contributed by atoms with van der Waals surface area (Å²) in [5.41, 5.74) is 7.53. The molecule has 0 amide bonds. The smallest absolute Gasteiger partial charge is 0.501 e. The molecule has 21 heavy (non-hydrogen) atoms. The third-order valence-electron chi connectivity index (χ3n) is 3.01. The predicted octanol–water partition coefficient (Wildman–Crippen LogP) is 2.72. The molecule has 2 aromatic rings. The van der Waals surface area contributed by atoms with Gasteiger partial charge in [-0.05, 0) is 37.1 Å². The Labute approximate surface area is 126 Å². The predicted molar refractivity (Wildman–Crippen MR) is 84.4 cm³/mol. The summed E-state index contributed by atoms with van der Waals surface area (Å²) in [5, 5.41) is 0. The van der Waals surface area contributed by atoms with E-state index in [9.17, 15) is 0 Å². The van der Waals surface area contributed by atoms with E-state index in [1.165, 1.54) is 0 Å². The average molecular weight is 285 g/mol. The van der Waals surface area contributed by atoms with Crippen LogP contribution in [-0.4, -0.2) is 20.5 Å².